The van der Waals surface area contributed by atoms with Gasteiger partial charge in [0.2, 0.25) is 0 Å². The second-order valence-corrected chi connectivity index (χ2v) is 6.47. The first kappa shape index (κ1) is 18.0. The van der Waals surface area contributed by atoms with Gasteiger partial charge in [0.25, 0.3) is 5.91 Å². The molecule has 1 amide bonds. The lowest BCUT2D eigenvalue weighted by Gasteiger charge is -2.29. The number of carbonyl (C=O) groups excluding carboxylic acids is 1. The number of nitrogens with one attached hydrogen (secondary N) is 1. The Bertz CT molecular complexity index is 756. The number of benzene rings is 1. The number of hydrogen-bond acceptors (Lipinski definition) is 6. The lowest BCUT2D eigenvalue weighted by molar-refractivity contribution is 0.0690. The molecule has 1 aromatic heterocycles. The van der Waals surface area contributed by atoms with E-state index in [1.54, 1.807) is 32.4 Å². The number of methoxy groups -OCH3 is 2. The lowest BCUT2D eigenvalue weighted by Crippen LogP contribution is -2.38. The van der Waals surface area contributed by atoms with Gasteiger partial charge in [-0.05, 0) is 43.0 Å². The molecule has 138 valence electrons. The molecule has 1 N–H and O–H groups in total. The number of hydrogen-bond donors (Lipinski definition) is 1. The van der Waals surface area contributed by atoms with Gasteiger partial charge >= 0.3 is 0 Å². The Hall–Kier alpha value is -2.83. The first-order valence-electron chi connectivity index (χ1n) is 8.72. The van der Waals surface area contributed by atoms with Crippen molar-refractivity contribution in [2.75, 3.05) is 32.6 Å². The van der Waals surface area contributed by atoms with Crippen molar-refractivity contribution in [3.63, 3.8) is 0 Å². The van der Waals surface area contributed by atoms with E-state index in [9.17, 15) is 4.79 Å². The number of nitrogens with zero attached hydrogens (tertiary/aromatic N) is 3. The molecule has 0 bridgehead atoms. The molecule has 0 radical (unpaired) electrons. The smallest absolute Gasteiger partial charge is 0.274 e. The Morgan fingerprint density at radius 1 is 1.12 bits per heavy atom. The van der Waals surface area contributed by atoms with Gasteiger partial charge in [0.05, 0.1) is 19.9 Å². The summed E-state index contributed by atoms with van der Waals surface area (Å²) in [6, 6.07) is 8.90. The summed E-state index contributed by atoms with van der Waals surface area (Å²) < 4.78 is 10.5. The number of likely N-dealkylation sites (tertiary alicyclic amines) is 1. The number of ether oxygens (including phenoxy) is 2. The predicted octanol–water partition coefficient (Wildman–Crippen LogP) is 3.11. The molecule has 7 heteroatoms. The van der Waals surface area contributed by atoms with Crippen LogP contribution in [0.25, 0.3) is 0 Å². The fourth-order valence-corrected chi connectivity index (χ4v) is 2.93. The topological polar surface area (TPSA) is 76.6 Å². The zero-order valence-electron chi connectivity index (χ0n) is 15.4. The summed E-state index contributed by atoms with van der Waals surface area (Å²) in [6.45, 7) is 3.78. The monoisotopic (exact) mass is 356 g/mol. The number of carbonyl (C=O) groups is 1. The molecule has 2 heterocycles. The molecule has 7 nitrogen and oxygen atoms in total. The second kappa shape index (κ2) is 8.03. The van der Waals surface area contributed by atoms with Crippen LogP contribution in [-0.4, -0.2) is 48.3 Å². The minimum absolute atomic E-state index is 0.0574. The maximum absolute atomic E-state index is 12.5. The number of anilines is 2. The van der Waals surface area contributed by atoms with Crippen LogP contribution in [0.3, 0.4) is 0 Å². The van der Waals surface area contributed by atoms with E-state index in [0.29, 0.717) is 28.9 Å². The fourth-order valence-electron chi connectivity index (χ4n) is 2.93. The van der Waals surface area contributed by atoms with Crippen LogP contribution in [-0.2, 0) is 0 Å². The number of amides is 1. The van der Waals surface area contributed by atoms with Crippen LogP contribution in [0.2, 0.25) is 0 Å². The van der Waals surface area contributed by atoms with Gasteiger partial charge in [0.15, 0.2) is 11.5 Å². The minimum atomic E-state index is -0.0574. The van der Waals surface area contributed by atoms with Crippen molar-refractivity contribution in [1.29, 1.82) is 0 Å². The standard InChI is InChI=1S/C19H24N4O3/c1-13-8-10-23(11-9-13)19(24)16-6-7-18(22-21-16)20-15-5-4-14(25-2)12-17(15)26-3/h4-7,12-13H,8-11H2,1-3H3,(H,20,22). The van der Waals surface area contributed by atoms with Gasteiger partial charge in [0, 0.05) is 19.2 Å². The predicted molar refractivity (Wildman–Crippen MR) is 99.2 cm³/mol. The molecular weight excluding hydrogens is 332 g/mol. The number of piperidine rings is 1. The third-order valence-electron chi connectivity index (χ3n) is 4.63. The van der Waals surface area contributed by atoms with Crippen molar-refractivity contribution in [1.82, 2.24) is 15.1 Å². The summed E-state index contributed by atoms with van der Waals surface area (Å²) in [5, 5.41) is 11.4. The van der Waals surface area contributed by atoms with E-state index >= 15 is 0 Å². The van der Waals surface area contributed by atoms with Gasteiger partial charge in [-0.2, -0.15) is 0 Å². The number of rotatable bonds is 5. The summed E-state index contributed by atoms with van der Waals surface area (Å²) in [4.78, 5) is 14.4. The van der Waals surface area contributed by atoms with Crippen LogP contribution in [0.4, 0.5) is 11.5 Å². The van der Waals surface area contributed by atoms with Crippen molar-refractivity contribution in [3.05, 3.63) is 36.0 Å². The zero-order valence-corrected chi connectivity index (χ0v) is 15.4. The molecule has 0 spiro atoms. The largest absolute Gasteiger partial charge is 0.497 e. The van der Waals surface area contributed by atoms with Crippen molar-refractivity contribution < 1.29 is 14.3 Å². The molecule has 1 saturated heterocycles. The van der Waals surface area contributed by atoms with E-state index in [-0.39, 0.29) is 5.91 Å². The summed E-state index contributed by atoms with van der Waals surface area (Å²) in [7, 11) is 3.19. The lowest BCUT2D eigenvalue weighted by atomic mass is 9.99. The van der Waals surface area contributed by atoms with Crippen molar-refractivity contribution in [3.8, 4) is 11.5 Å². The van der Waals surface area contributed by atoms with Crippen LogP contribution >= 0.6 is 0 Å². The third-order valence-corrected chi connectivity index (χ3v) is 4.63. The quantitative estimate of drug-likeness (QED) is 0.887. The Morgan fingerprint density at radius 3 is 2.50 bits per heavy atom. The van der Waals surface area contributed by atoms with Gasteiger partial charge < -0.3 is 19.7 Å². The summed E-state index contributed by atoms with van der Waals surface area (Å²) in [6.07, 6.45) is 2.08. The molecule has 0 atom stereocenters. The average molecular weight is 356 g/mol. The van der Waals surface area contributed by atoms with E-state index in [1.165, 1.54) is 0 Å². The molecule has 3 rings (SSSR count). The first-order chi connectivity index (χ1) is 12.6. The third kappa shape index (κ3) is 4.04. The van der Waals surface area contributed by atoms with E-state index in [1.807, 2.05) is 17.0 Å². The molecule has 26 heavy (non-hydrogen) atoms. The minimum Gasteiger partial charge on any atom is -0.497 e. The highest BCUT2D eigenvalue weighted by Gasteiger charge is 2.22. The Labute approximate surface area is 153 Å². The maximum atomic E-state index is 12.5. The summed E-state index contributed by atoms with van der Waals surface area (Å²) in [5.74, 6) is 2.50. The van der Waals surface area contributed by atoms with E-state index in [0.717, 1.165) is 31.6 Å². The van der Waals surface area contributed by atoms with Gasteiger partial charge in [-0.25, -0.2) is 0 Å². The molecule has 1 fully saturated rings. The van der Waals surface area contributed by atoms with E-state index in [2.05, 4.69) is 22.4 Å². The Balaban J connectivity index is 1.69. The van der Waals surface area contributed by atoms with Gasteiger partial charge in [-0.1, -0.05) is 6.92 Å². The van der Waals surface area contributed by atoms with Crippen LogP contribution < -0.4 is 14.8 Å². The molecule has 1 aliphatic rings. The van der Waals surface area contributed by atoms with Crippen molar-refractivity contribution >= 4 is 17.4 Å². The molecule has 0 aliphatic carbocycles. The summed E-state index contributed by atoms with van der Waals surface area (Å²) in [5.41, 5.74) is 1.11. The van der Waals surface area contributed by atoms with Crippen molar-refractivity contribution in [2.45, 2.75) is 19.8 Å². The Morgan fingerprint density at radius 2 is 1.88 bits per heavy atom. The maximum Gasteiger partial charge on any atom is 0.274 e. The van der Waals surface area contributed by atoms with Gasteiger partial charge in [-0.3, -0.25) is 4.79 Å². The molecule has 0 unspecified atom stereocenters. The average Bonchev–Trinajstić information content (AvgIpc) is 2.69. The molecule has 1 aliphatic heterocycles. The fraction of sp³-hybridized carbons (Fsp3) is 0.421. The normalized spacial score (nSPS) is 14.8. The first-order valence-corrected chi connectivity index (χ1v) is 8.72. The van der Waals surface area contributed by atoms with E-state index < -0.39 is 0 Å². The molecule has 1 aromatic carbocycles. The van der Waals surface area contributed by atoms with Crippen molar-refractivity contribution in [2.24, 2.45) is 5.92 Å². The highest BCUT2D eigenvalue weighted by Crippen LogP contribution is 2.30. The van der Waals surface area contributed by atoms with Crippen LogP contribution in [0.5, 0.6) is 11.5 Å². The van der Waals surface area contributed by atoms with Crippen LogP contribution in [0, 0.1) is 5.92 Å². The van der Waals surface area contributed by atoms with Crippen LogP contribution in [0.15, 0.2) is 30.3 Å². The molecule has 2 aromatic rings. The van der Waals surface area contributed by atoms with E-state index in [4.69, 9.17) is 9.47 Å². The van der Waals surface area contributed by atoms with Crippen LogP contribution in [0.1, 0.15) is 30.3 Å². The van der Waals surface area contributed by atoms with Gasteiger partial charge in [-0.15, -0.1) is 10.2 Å². The Kier molecular flexibility index (Phi) is 5.55. The van der Waals surface area contributed by atoms with Gasteiger partial charge in [0.1, 0.15) is 11.5 Å². The SMILES string of the molecule is COc1ccc(Nc2ccc(C(=O)N3CCC(C)CC3)nn2)c(OC)c1. The molecule has 0 saturated carbocycles. The number of aromatic nitrogens is 2. The highest BCUT2D eigenvalue weighted by molar-refractivity contribution is 5.92. The summed E-state index contributed by atoms with van der Waals surface area (Å²) >= 11 is 0. The zero-order chi connectivity index (χ0) is 18.5. The molecular formula is C19H24N4O3. The second-order valence-electron chi connectivity index (χ2n) is 6.47. The highest BCUT2D eigenvalue weighted by atomic mass is 16.5.